The highest BCUT2D eigenvalue weighted by Gasteiger charge is 2.10. The topological polar surface area (TPSA) is 68.5 Å². The van der Waals surface area contributed by atoms with E-state index in [2.05, 4.69) is 0 Å². The summed E-state index contributed by atoms with van der Waals surface area (Å²) in [7, 11) is 0. The van der Waals surface area contributed by atoms with E-state index in [1.165, 1.54) is 22.8 Å². The lowest BCUT2D eigenvalue weighted by molar-refractivity contribution is -0.131. The summed E-state index contributed by atoms with van der Waals surface area (Å²) >= 11 is 0. The zero-order chi connectivity index (χ0) is 18.6. The number of carboxylic acid groups (broad SMARTS) is 1. The van der Waals surface area contributed by atoms with E-state index < -0.39 is 23.6 Å². The highest BCUT2D eigenvalue weighted by Crippen LogP contribution is 2.17. The molecule has 0 aliphatic carbocycles. The minimum Gasteiger partial charge on any atom is -0.489 e. The highest BCUT2D eigenvalue weighted by molar-refractivity contribution is 5.79. The number of carbonyl (C=O) groups is 1. The quantitative estimate of drug-likeness (QED) is 0.813. The predicted molar refractivity (Wildman–Crippen MR) is 87.6 cm³/mol. The van der Waals surface area contributed by atoms with Gasteiger partial charge in [-0.1, -0.05) is 6.08 Å². The first-order valence-corrected chi connectivity index (χ1v) is 7.49. The molecule has 1 aromatic heterocycles. The molecule has 0 fully saturated rings. The molecule has 0 aliphatic heterocycles. The summed E-state index contributed by atoms with van der Waals surface area (Å²) in [6.07, 6.45) is 2.36. The van der Waals surface area contributed by atoms with Gasteiger partial charge in [0.25, 0.3) is 5.56 Å². The number of aryl methyl sites for hydroxylation is 1. The molecule has 2 rings (SSSR count). The van der Waals surface area contributed by atoms with E-state index >= 15 is 0 Å². The molecule has 1 unspecified atom stereocenters. The van der Waals surface area contributed by atoms with Crippen LogP contribution in [0.4, 0.5) is 8.78 Å². The second kappa shape index (κ2) is 7.74. The van der Waals surface area contributed by atoms with Gasteiger partial charge in [-0.2, -0.15) is 0 Å². The van der Waals surface area contributed by atoms with Crippen molar-refractivity contribution in [1.29, 1.82) is 0 Å². The van der Waals surface area contributed by atoms with E-state index in [0.29, 0.717) is 5.69 Å². The minimum atomic E-state index is -1.10. The third-order valence-electron chi connectivity index (χ3n) is 3.57. The zero-order valence-corrected chi connectivity index (χ0v) is 13.7. The first kappa shape index (κ1) is 18.4. The molecule has 1 N–H and O–H groups in total. The van der Waals surface area contributed by atoms with Gasteiger partial charge >= 0.3 is 5.97 Å². The van der Waals surface area contributed by atoms with Crippen LogP contribution in [0.25, 0.3) is 0 Å². The SMILES string of the molecule is Cc1cc(OCc2ccc(F)cc2F)cc(=O)n1C(C)/C=C/C(=O)O. The van der Waals surface area contributed by atoms with Gasteiger partial charge < -0.3 is 14.4 Å². The van der Waals surface area contributed by atoms with Crippen LogP contribution in [-0.2, 0) is 11.4 Å². The van der Waals surface area contributed by atoms with Crippen molar-refractivity contribution in [2.75, 3.05) is 0 Å². The fraction of sp³-hybridized carbons (Fsp3) is 0.222. The van der Waals surface area contributed by atoms with Crippen LogP contribution in [0.15, 0.2) is 47.3 Å². The third-order valence-corrected chi connectivity index (χ3v) is 3.57. The number of pyridine rings is 1. The molecular weight excluding hydrogens is 332 g/mol. The number of allylic oxidation sites excluding steroid dienone is 1. The van der Waals surface area contributed by atoms with Crippen LogP contribution in [0, 0.1) is 18.6 Å². The van der Waals surface area contributed by atoms with Gasteiger partial charge in [-0.3, -0.25) is 4.79 Å². The van der Waals surface area contributed by atoms with Crippen molar-refractivity contribution in [2.24, 2.45) is 0 Å². The highest BCUT2D eigenvalue weighted by atomic mass is 19.1. The van der Waals surface area contributed by atoms with Crippen molar-refractivity contribution in [2.45, 2.75) is 26.5 Å². The number of benzene rings is 1. The number of nitrogens with zero attached hydrogens (tertiary/aromatic N) is 1. The van der Waals surface area contributed by atoms with E-state index in [1.807, 2.05) is 0 Å². The Morgan fingerprint density at radius 2 is 2.04 bits per heavy atom. The molecule has 0 saturated heterocycles. The Bertz CT molecular complexity index is 874. The van der Waals surface area contributed by atoms with Crippen LogP contribution in [0.5, 0.6) is 5.75 Å². The van der Waals surface area contributed by atoms with Crippen molar-refractivity contribution in [3.05, 3.63) is 75.7 Å². The van der Waals surface area contributed by atoms with Gasteiger partial charge in [-0.05, 0) is 32.0 Å². The molecule has 0 amide bonds. The number of ether oxygens (including phenoxy) is 1. The first-order chi connectivity index (χ1) is 11.8. The molecule has 0 aliphatic rings. The zero-order valence-electron chi connectivity index (χ0n) is 13.7. The normalized spacial score (nSPS) is 12.3. The van der Waals surface area contributed by atoms with Crippen LogP contribution in [0.2, 0.25) is 0 Å². The third kappa shape index (κ3) is 4.76. The number of hydrogen-bond acceptors (Lipinski definition) is 3. The maximum Gasteiger partial charge on any atom is 0.328 e. The van der Waals surface area contributed by atoms with Crippen molar-refractivity contribution in [1.82, 2.24) is 4.57 Å². The molecule has 132 valence electrons. The maximum absolute atomic E-state index is 13.6. The smallest absolute Gasteiger partial charge is 0.328 e. The monoisotopic (exact) mass is 349 g/mol. The van der Waals surface area contributed by atoms with Crippen LogP contribution >= 0.6 is 0 Å². The second-order valence-corrected chi connectivity index (χ2v) is 5.50. The van der Waals surface area contributed by atoms with Gasteiger partial charge in [0.05, 0.1) is 6.04 Å². The summed E-state index contributed by atoms with van der Waals surface area (Å²) in [5.74, 6) is -2.25. The van der Waals surface area contributed by atoms with Crippen molar-refractivity contribution < 1.29 is 23.4 Å². The average Bonchev–Trinajstić information content (AvgIpc) is 2.51. The number of carboxylic acids is 1. The Morgan fingerprint density at radius 1 is 1.32 bits per heavy atom. The lowest BCUT2D eigenvalue weighted by Crippen LogP contribution is -2.24. The van der Waals surface area contributed by atoms with Gasteiger partial charge in [0.1, 0.15) is 24.0 Å². The Hall–Kier alpha value is -2.96. The molecule has 0 spiro atoms. The van der Waals surface area contributed by atoms with E-state index in [1.54, 1.807) is 19.9 Å². The lowest BCUT2D eigenvalue weighted by Gasteiger charge is -2.16. The molecular formula is C18H17F2NO4. The van der Waals surface area contributed by atoms with Crippen LogP contribution in [-0.4, -0.2) is 15.6 Å². The summed E-state index contributed by atoms with van der Waals surface area (Å²) in [6, 6.07) is 5.54. The number of halogens is 2. The molecule has 0 bridgehead atoms. The predicted octanol–water partition coefficient (Wildman–Crippen LogP) is 3.22. The molecule has 7 heteroatoms. The fourth-order valence-electron chi connectivity index (χ4n) is 2.39. The molecule has 1 aromatic carbocycles. The Labute approximate surface area is 142 Å². The van der Waals surface area contributed by atoms with E-state index in [0.717, 1.165) is 18.2 Å². The minimum absolute atomic E-state index is 0.149. The summed E-state index contributed by atoms with van der Waals surface area (Å²) < 4.78 is 33.3. The van der Waals surface area contributed by atoms with E-state index in [4.69, 9.17) is 9.84 Å². The molecule has 1 atom stereocenters. The summed E-state index contributed by atoms with van der Waals surface area (Å²) in [5.41, 5.74) is 0.350. The standard InChI is InChI=1S/C18H17F2NO4/c1-11(3-6-18(23)24)21-12(2)7-15(9-17(21)22)25-10-13-4-5-14(19)8-16(13)20/h3-9,11H,10H2,1-2H3,(H,23,24)/b6-3+. The largest absolute Gasteiger partial charge is 0.489 e. The molecule has 1 heterocycles. The summed E-state index contributed by atoms with van der Waals surface area (Å²) in [5, 5.41) is 8.66. The number of hydrogen-bond donors (Lipinski definition) is 1. The molecule has 25 heavy (non-hydrogen) atoms. The summed E-state index contributed by atoms with van der Waals surface area (Å²) in [6.45, 7) is 3.21. The van der Waals surface area contributed by atoms with Gasteiger partial charge in [0, 0.05) is 29.5 Å². The number of aliphatic carboxylic acids is 1. The number of rotatable bonds is 6. The van der Waals surface area contributed by atoms with Crippen molar-refractivity contribution in [3.63, 3.8) is 0 Å². The fourth-order valence-corrected chi connectivity index (χ4v) is 2.39. The second-order valence-electron chi connectivity index (χ2n) is 5.50. The molecule has 0 saturated carbocycles. The van der Waals surface area contributed by atoms with Gasteiger partial charge in [0.2, 0.25) is 0 Å². The number of aromatic nitrogens is 1. The van der Waals surface area contributed by atoms with Gasteiger partial charge in [-0.15, -0.1) is 0 Å². The Balaban J connectivity index is 2.19. The Morgan fingerprint density at radius 3 is 2.64 bits per heavy atom. The summed E-state index contributed by atoms with van der Waals surface area (Å²) in [4.78, 5) is 22.8. The van der Waals surface area contributed by atoms with E-state index in [9.17, 15) is 18.4 Å². The Kier molecular flexibility index (Phi) is 5.69. The molecule has 2 aromatic rings. The van der Waals surface area contributed by atoms with Crippen LogP contribution in [0.3, 0.4) is 0 Å². The van der Waals surface area contributed by atoms with Crippen molar-refractivity contribution >= 4 is 5.97 Å². The van der Waals surface area contributed by atoms with Gasteiger partial charge in [0.15, 0.2) is 0 Å². The molecule has 5 nitrogen and oxygen atoms in total. The maximum atomic E-state index is 13.6. The van der Waals surface area contributed by atoms with Gasteiger partial charge in [-0.25, -0.2) is 13.6 Å². The van der Waals surface area contributed by atoms with Crippen LogP contribution in [0.1, 0.15) is 24.2 Å². The van der Waals surface area contributed by atoms with Crippen LogP contribution < -0.4 is 10.3 Å². The first-order valence-electron chi connectivity index (χ1n) is 7.49. The van der Waals surface area contributed by atoms with Crippen molar-refractivity contribution in [3.8, 4) is 5.75 Å². The average molecular weight is 349 g/mol. The van der Waals surface area contributed by atoms with E-state index in [-0.39, 0.29) is 23.5 Å². The lowest BCUT2D eigenvalue weighted by atomic mass is 10.2. The molecule has 0 radical (unpaired) electrons.